The van der Waals surface area contributed by atoms with Crippen molar-refractivity contribution in [2.75, 3.05) is 6.61 Å². The summed E-state index contributed by atoms with van der Waals surface area (Å²) in [5, 5.41) is 0.926. The van der Waals surface area contributed by atoms with Crippen LogP contribution in [0.3, 0.4) is 0 Å². The number of hydrogen-bond acceptors (Lipinski definition) is 5. The van der Waals surface area contributed by atoms with E-state index in [2.05, 4.69) is 0 Å². The predicted octanol–water partition coefficient (Wildman–Crippen LogP) is 5.58. The Labute approximate surface area is 171 Å². The molecule has 146 valence electrons. The molecule has 0 spiro atoms. The van der Waals surface area contributed by atoms with Crippen LogP contribution in [0.4, 0.5) is 0 Å². The molecule has 2 aromatic heterocycles. The first kappa shape index (κ1) is 19.0. The smallest absolute Gasteiger partial charge is 0.235 e. The molecule has 0 saturated carbocycles. The minimum atomic E-state index is -0.353. The van der Waals surface area contributed by atoms with Gasteiger partial charge in [-0.25, -0.2) is 0 Å². The lowest BCUT2D eigenvalue weighted by atomic mass is 10.1. The van der Waals surface area contributed by atoms with E-state index in [4.69, 9.17) is 25.2 Å². The third-order valence-corrected chi connectivity index (χ3v) is 4.79. The van der Waals surface area contributed by atoms with E-state index in [1.165, 1.54) is 6.26 Å². The zero-order valence-corrected chi connectivity index (χ0v) is 16.6. The summed E-state index contributed by atoms with van der Waals surface area (Å²) in [6.45, 7) is 3.45. The molecule has 0 aliphatic rings. The average molecular weight is 409 g/mol. The summed E-state index contributed by atoms with van der Waals surface area (Å²) in [6, 6.07) is 13.5. The Bertz CT molecular complexity index is 1250. The summed E-state index contributed by atoms with van der Waals surface area (Å²) < 4.78 is 17.1. The molecule has 0 atom stereocenters. The predicted molar refractivity (Wildman–Crippen MR) is 111 cm³/mol. The molecule has 0 unspecified atom stereocenters. The second-order valence-corrected chi connectivity index (χ2v) is 7.18. The maximum atomic E-state index is 13.2. The third-order valence-electron chi connectivity index (χ3n) is 4.54. The van der Waals surface area contributed by atoms with Crippen molar-refractivity contribution in [3.63, 3.8) is 0 Å². The second kappa shape index (κ2) is 7.60. The van der Waals surface area contributed by atoms with Gasteiger partial charge in [0.25, 0.3) is 0 Å². The van der Waals surface area contributed by atoms with Gasteiger partial charge >= 0.3 is 0 Å². The second-order valence-electron chi connectivity index (χ2n) is 6.74. The Morgan fingerprint density at radius 2 is 1.86 bits per heavy atom. The largest absolute Gasteiger partial charge is 0.478 e. The molecular weight excluding hydrogens is 392 g/mol. The van der Waals surface area contributed by atoms with Crippen molar-refractivity contribution in [2.24, 2.45) is 0 Å². The van der Waals surface area contributed by atoms with Crippen LogP contribution < -0.4 is 10.2 Å². The summed E-state index contributed by atoms with van der Waals surface area (Å²) in [7, 11) is 0. The standard InChI is InChI=1S/C23H17ClO5/c1-13-10-14(2)21-17(11-13)20(26)23(22(29-21)19-4-3-9-27-19)28-12-18(25)15-5-7-16(24)8-6-15/h3-11H,12H2,1-2H3. The zero-order chi connectivity index (χ0) is 20.5. The van der Waals surface area contributed by atoms with Gasteiger partial charge in [-0.2, -0.15) is 0 Å². The molecule has 2 heterocycles. The normalized spacial score (nSPS) is 11.0. The Morgan fingerprint density at radius 1 is 1.10 bits per heavy atom. The average Bonchev–Trinajstić information content (AvgIpc) is 3.22. The molecule has 29 heavy (non-hydrogen) atoms. The van der Waals surface area contributed by atoms with E-state index >= 15 is 0 Å². The number of Topliss-reactive ketones (excluding diaryl/α,β-unsaturated/α-hetero) is 1. The van der Waals surface area contributed by atoms with Crippen molar-refractivity contribution in [3.05, 3.63) is 86.7 Å². The van der Waals surface area contributed by atoms with E-state index in [0.717, 1.165) is 11.1 Å². The number of carbonyl (C=O) groups is 1. The number of ether oxygens (including phenoxy) is 1. The van der Waals surface area contributed by atoms with Gasteiger partial charge in [0, 0.05) is 10.6 Å². The number of carbonyl (C=O) groups excluding carboxylic acids is 1. The van der Waals surface area contributed by atoms with Gasteiger partial charge in [0.1, 0.15) is 5.58 Å². The summed E-state index contributed by atoms with van der Waals surface area (Å²) in [6.07, 6.45) is 1.48. The van der Waals surface area contributed by atoms with Gasteiger partial charge in [0.15, 0.2) is 18.2 Å². The highest BCUT2D eigenvalue weighted by atomic mass is 35.5. The molecule has 0 amide bonds. The number of fused-ring (bicyclic) bond motifs is 1. The molecule has 2 aromatic carbocycles. The van der Waals surface area contributed by atoms with E-state index in [1.54, 1.807) is 42.5 Å². The first-order chi connectivity index (χ1) is 13.9. The van der Waals surface area contributed by atoms with Crippen LogP contribution in [-0.4, -0.2) is 12.4 Å². The Hall–Kier alpha value is -3.31. The number of benzene rings is 2. The van der Waals surface area contributed by atoms with Crippen LogP contribution in [-0.2, 0) is 0 Å². The van der Waals surface area contributed by atoms with Crippen molar-refractivity contribution in [3.8, 4) is 17.3 Å². The third kappa shape index (κ3) is 3.69. The Balaban J connectivity index is 1.78. The van der Waals surface area contributed by atoms with Crippen LogP contribution in [0.15, 0.2) is 68.4 Å². The van der Waals surface area contributed by atoms with Gasteiger partial charge in [-0.3, -0.25) is 9.59 Å². The van der Waals surface area contributed by atoms with E-state index in [0.29, 0.717) is 27.3 Å². The van der Waals surface area contributed by atoms with Crippen LogP contribution >= 0.6 is 11.6 Å². The van der Waals surface area contributed by atoms with Crippen molar-refractivity contribution < 1.29 is 18.4 Å². The number of rotatable bonds is 5. The number of ketones is 1. The molecule has 0 saturated heterocycles. The summed E-state index contributed by atoms with van der Waals surface area (Å²) in [5.74, 6) is 0.160. The topological polar surface area (TPSA) is 69.7 Å². The van der Waals surface area contributed by atoms with Gasteiger partial charge in [-0.15, -0.1) is 0 Å². The lowest BCUT2D eigenvalue weighted by Crippen LogP contribution is -2.17. The molecule has 0 radical (unpaired) electrons. The number of hydrogen-bond donors (Lipinski definition) is 0. The molecule has 0 bridgehead atoms. The fraction of sp³-hybridized carbons (Fsp3) is 0.130. The van der Waals surface area contributed by atoms with E-state index in [-0.39, 0.29) is 29.3 Å². The molecule has 6 heteroatoms. The molecule has 5 nitrogen and oxygen atoms in total. The number of aryl methyl sites for hydroxylation is 2. The van der Waals surface area contributed by atoms with Crippen LogP contribution in [0.2, 0.25) is 5.02 Å². The van der Waals surface area contributed by atoms with Crippen LogP contribution in [0.25, 0.3) is 22.5 Å². The van der Waals surface area contributed by atoms with Crippen LogP contribution in [0.5, 0.6) is 5.75 Å². The van der Waals surface area contributed by atoms with Crippen molar-refractivity contribution >= 4 is 28.4 Å². The van der Waals surface area contributed by atoms with Crippen molar-refractivity contribution in [1.29, 1.82) is 0 Å². The monoisotopic (exact) mass is 408 g/mol. The molecule has 0 aliphatic heterocycles. The van der Waals surface area contributed by atoms with Gasteiger partial charge < -0.3 is 13.6 Å². The summed E-state index contributed by atoms with van der Waals surface area (Å²) in [4.78, 5) is 25.7. The van der Waals surface area contributed by atoms with Gasteiger partial charge in [-0.1, -0.05) is 17.7 Å². The maximum absolute atomic E-state index is 13.2. The lowest BCUT2D eigenvalue weighted by Gasteiger charge is -2.11. The van der Waals surface area contributed by atoms with Crippen LogP contribution in [0.1, 0.15) is 21.5 Å². The fourth-order valence-corrected chi connectivity index (χ4v) is 3.32. The van der Waals surface area contributed by atoms with E-state index in [1.807, 2.05) is 19.9 Å². The quantitative estimate of drug-likeness (QED) is 0.403. The van der Waals surface area contributed by atoms with Crippen molar-refractivity contribution in [1.82, 2.24) is 0 Å². The number of halogens is 1. The highest BCUT2D eigenvalue weighted by Gasteiger charge is 2.22. The summed E-state index contributed by atoms with van der Waals surface area (Å²) >= 11 is 5.86. The molecule has 0 aliphatic carbocycles. The molecule has 0 fully saturated rings. The fourth-order valence-electron chi connectivity index (χ4n) is 3.19. The minimum absolute atomic E-state index is 0.0558. The molecule has 0 N–H and O–H groups in total. The van der Waals surface area contributed by atoms with Gasteiger partial charge in [-0.05, 0) is 67.4 Å². The minimum Gasteiger partial charge on any atom is -0.478 e. The van der Waals surface area contributed by atoms with E-state index < -0.39 is 0 Å². The summed E-state index contributed by atoms with van der Waals surface area (Å²) in [5.41, 5.74) is 2.30. The Kier molecular flexibility index (Phi) is 4.99. The SMILES string of the molecule is Cc1cc(C)c2oc(-c3ccco3)c(OCC(=O)c3ccc(Cl)cc3)c(=O)c2c1. The highest BCUT2D eigenvalue weighted by molar-refractivity contribution is 6.30. The Morgan fingerprint density at radius 3 is 2.55 bits per heavy atom. The van der Waals surface area contributed by atoms with Gasteiger partial charge in [0.2, 0.25) is 16.9 Å². The molecule has 4 rings (SSSR count). The van der Waals surface area contributed by atoms with Crippen LogP contribution in [0, 0.1) is 13.8 Å². The first-order valence-electron chi connectivity index (χ1n) is 8.97. The maximum Gasteiger partial charge on any atom is 0.235 e. The number of furan rings is 1. The van der Waals surface area contributed by atoms with Crippen molar-refractivity contribution in [2.45, 2.75) is 13.8 Å². The zero-order valence-electron chi connectivity index (χ0n) is 15.8. The molecular formula is C23H17ClO5. The van der Waals surface area contributed by atoms with Gasteiger partial charge in [0.05, 0.1) is 11.6 Å². The molecule has 4 aromatic rings. The first-order valence-corrected chi connectivity index (χ1v) is 9.35. The highest BCUT2D eigenvalue weighted by Crippen LogP contribution is 2.32. The lowest BCUT2D eigenvalue weighted by molar-refractivity contribution is 0.0920. The van der Waals surface area contributed by atoms with E-state index in [9.17, 15) is 9.59 Å².